The minimum absolute atomic E-state index is 0.0813. The molecule has 1 aliphatic rings. The molecule has 9 heteroatoms. The molecule has 2 N–H and O–H groups in total. The van der Waals surface area contributed by atoms with Crippen molar-refractivity contribution < 1.29 is 29.0 Å². The second-order valence-electron chi connectivity index (χ2n) is 8.30. The Balaban J connectivity index is 2.30. The van der Waals surface area contributed by atoms with Crippen LogP contribution in [-0.4, -0.2) is 47.5 Å². The maximum atomic E-state index is 11.3. The van der Waals surface area contributed by atoms with E-state index in [4.69, 9.17) is 14.2 Å². The van der Waals surface area contributed by atoms with E-state index < -0.39 is 22.7 Å². The van der Waals surface area contributed by atoms with Gasteiger partial charge in [-0.1, -0.05) is 40.0 Å². The molecule has 2 atom stereocenters. The van der Waals surface area contributed by atoms with E-state index in [1.165, 1.54) is 18.2 Å². The summed E-state index contributed by atoms with van der Waals surface area (Å²) in [6, 6.07) is 3.75. The molecule has 0 bridgehead atoms. The van der Waals surface area contributed by atoms with Gasteiger partial charge in [0, 0.05) is 30.0 Å². The molecule has 0 aliphatic carbocycles. The van der Waals surface area contributed by atoms with Gasteiger partial charge in [-0.05, 0) is 25.3 Å². The van der Waals surface area contributed by atoms with Gasteiger partial charge in [-0.2, -0.15) is 0 Å². The molecule has 188 valence electrons. The lowest BCUT2D eigenvalue weighted by Gasteiger charge is -2.45. The van der Waals surface area contributed by atoms with Crippen molar-refractivity contribution >= 4 is 11.6 Å². The zero-order chi connectivity index (χ0) is 25.0. The Kier molecular flexibility index (Phi) is 11.1. The Morgan fingerprint density at radius 2 is 2.06 bits per heavy atom. The van der Waals surface area contributed by atoms with Crippen molar-refractivity contribution in [1.29, 1.82) is 0 Å². The quantitative estimate of drug-likeness (QED) is 0.126. The number of fused-ring (bicyclic) bond motifs is 1. The summed E-state index contributed by atoms with van der Waals surface area (Å²) in [4.78, 5) is 21.3. The number of non-ortho nitro benzene ring substituents is 1. The summed E-state index contributed by atoms with van der Waals surface area (Å²) in [6.45, 7) is 6.74. The Morgan fingerprint density at radius 3 is 2.71 bits per heavy atom. The van der Waals surface area contributed by atoms with E-state index in [1.54, 1.807) is 18.2 Å². The average Bonchev–Trinajstić information content (AvgIpc) is 2.84. The minimum atomic E-state index is -0.960. The number of hydrogen-bond acceptors (Lipinski definition) is 8. The van der Waals surface area contributed by atoms with Gasteiger partial charge in [0.15, 0.2) is 0 Å². The molecule has 0 saturated heterocycles. The van der Waals surface area contributed by atoms with Crippen LogP contribution in [0.4, 0.5) is 5.69 Å². The third-order valence-corrected chi connectivity index (χ3v) is 6.14. The summed E-state index contributed by atoms with van der Waals surface area (Å²) in [5.74, 6) is 2.67. The number of nitro benzene ring substituents is 1. The molecule has 2 rings (SSSR count). The number of nitro groups is 1. The van der Waals surface area contributed by atoms with Gasteiger partial charge in [0.1, 0.15) is 35.8 Å². The van der Waals surface area contributed by atoms with Crippen molar-refractivity contribution in [2.24, 2.45) is 0 Å². The summed E-state index contributed by atoms with van der Waals surface area (Å²) in [6.07, 6.45) is 7.22. The Morgan fingerprint density at radius 1 is 1.29 bits per heavy atom. The van der Waals surface area contributed by atoms with Crippen LogP contribution >= 0.6 is 0 Å². The van der Waals surface area contributed by atoms with Crippen LogP contribution in [0.5, 0.6) is 5.75 Å². The first-order chi connectivity index (χ1) is 16.4. The molecular weight excluding hydrogens is 440 g/mol. The van der Waals surface area contributed by atoms with E-state index in [1.807, 2.05) is 13.8 Å². The smallest absolute Gasteiger partial charge is 0.270 e. The Labute approximate surface area is 200 Å². The van der Waals surface area contributed by atoms with E-state index in [-0.39, 0.29) is 18.9 Å². The van der Waals surface area contributed by atoms with Crippen molar-refractivity contribution in [3.8, 4) is 5.75 Å². The summed E-state index contributed by atoms with van der Waals surface area (Å²) in [5, 5.41) is 25.8. The van der Waals surface area contributed by atoms with Crippen LogP contribution in [0.3, 0.4) is 0 Å². The zero-order valence-corrected chi connectivity index (χ0v) is 20.2. The highest BCUT2D eigenvalue weighted by Crippen LogP contribution is 2.44. The highest BCUT2D eigenvalue weighted by atomic mass is 16.6. The van der Waals surface area contributed by atoms with Gasteiger partial charge in [-0.15, -0.1) is 0 Å². The van der Waals surface area contributed by atoms with Crippen LogP contribution in [0.2, 0.25) is 0 Å². The molecule has 0 radical (unpaired) electrons. The van der Waals surface area contributed by atoms with Crippen molar-refractivity contribution in [3.05, 3.63) is 51.9 Å². The monoisotopic (exact) mass is 476 g/mol. The van der Waals surface area contributed by atoms with E-state index in [2.05, 4.69) is 12.2 Å². The van der Waals surface area contributed by atoms with E-state index in [0.717, 1.165) is 25.7 Å². The maximum absolute atomic E-state index is 11.3. The van der Waals surface area contributed by atoms with Crippen LogP contribution in [0.1, 0.15) is 70.9 Å². The van der Waals surface area contributed by atoms with Gasteiger partial charge in [0.2, 0.25) is 0 Å². The predicted molar refractivity (Wildman–Crippen MR) is 128 cm³/mol. The zero-order valence-electron chi connectivity index (χ0n) is 20.2. The number of hydrogen-bond donors (Lipinski definition) is 2. The number of carbonyl (C=O) groups excluding carboxylic acids is 1. The third-order valence-electron chi connectivity index (χ3n) is 6.14. The van der Waals surface area contributed by atoms with Gasteiger partial charge < -0.3 is 24.6 Å². The molecule has 1 aromatic rings. The van der Waals surface area contributed by atoms with Crippen molar-refractivity contribution in [2.75, 3.05) is 19.8 Å². The normalized spacial score (nSPS) is 18.9. The second kappa shape index (κ2) is 13.7. The SMILES string of the molecule is CCCCCCOC(=CN[C@@H]1c2cc([N+](=O)[O-])ccc2OC(CC)(CC)[C@H]1O)COCC=C=O. The molecular formula is C25H36N2O7. The van der Waals surface area contributed by atoms with Crippen molar-refractivity contribution in [1.82, 2.24) is 5.32 Å². The van der Waals surface area contributed by atoms with Crippen LogP contribution in [0.25, 0.3) is 0 Å². The first-order valence-electron chi connectivity index (χ1n) is 11.9. The molecule has 1 aromatic carbocycles. The predicted octanol–water partition coefficient (Wildman–Crippen LogP) is 4.38. The summed E-state index contributed by atoms with van der Waals surface area (Å²) in [7, 11) is 0. The minimum Gasteiger partial charge on any atom is -0.494 e. The van der Waals surface area contributed by atoms with Crippen LogP contribution in [0, 0.1) is 10.1 Å². The number of aliphatic hydroxyl groups is 1. The lowest BCUT2D eigenvalue weighted by Crippen LogP contribution is -2.55. The van der Waals surface area contributed by atoms with Crippen LogP contribution < -0.4 is 10.1 Å². The molecule has 9 nitrogen and oxygen atoms in total. The molecule has 0 saturated carbocycles. The van der Waals surface area contributed by atoms with Gasteiger partial charge in [0.05, 0.1) is 24.2 Å². The summed E-state index contributed by atoms with van der Waals surface area (Å²) >= 11 is 0. The Hall–Kier alpha value is -2.87. The molecule has 34 heavy (non-hydrogen) atoms. The number of benzene rings is 1. The van der Waals surface area contributed by atoms with Crippen molar-refractivity contribution in [2.45, 2.75) is 77.0 Å². The number of rotatable bonds is 15. The van der Waals surface area contributed by atoms with Crippen LogP contribution in [-0.2, 0) is 14.3 Å². The molecule has 1 heterocycles. The molecule has 0 amide bonds. The molecule has 0 fully saturated rings. The highest BCUT2D eigenvalue weighted by molar-refractivity contribution is 5.48. The first kappa shape index (κ1) is 27.4. The molecule has 1 aliphatic heterocycles. The lowest BCUT2D eigenvalue weighted by molar-refractivity contribution is -0.385. The number of aliphatic hydroxyl groups excluding tert-OH is 1. The lowest BCUT2D eigenvalue weighted by atomic mass is 9.80. The fraction of sp³-hybridized carbons (Fsp3) is 0.600. The van der Waals surface area contributed by atoms with E-state index >= 15 is 0 Å². The standard InChI is InChI=1S/C25H36N2O7/c1-4-7-8-9-15-33-20(18-32-14-10-13-28)17-26-23-21-16-19(27(30)31)11-12-22(21)34-25(5-2,6-3)24(23)29/h10-12,16-17,23-24,26,29H,4-9,14-15,18H2,1-3H3/t23-,24+/m1/s1. The average molecular weight is 477 g/mol. The second-order valence-corrected chi connectivity index (χ2v) is 8.30. The highest BCUT2D eigenvalue weighted by Gasteiger charge is 2.47. The fourth-order valence-corrected chi connectivity index (χ4v) is 4.02. The number of unbranched alkanes of at least 4 members (excludes halogenated alkanes) is 3. The van der Waals surface area contributed by atoms with E-state index in [0.29, 0.717) is 36.5 Å². The first-order valence-corrected chi connectivity index (χ1v) is 11.9. The molecule has 0 unspecified atom stereocenters. The summed E-state index contributed by atoms with van der Waals surface area (Å²) in [5.41, 5.74) is -0.411. The molecule has 0 spiro atoms. The number of nitrogens with zero attached hydrogens (tertiary/aromatic N) is 1. The third kappa shape index (κ3) is 7.06. The van der Waals surface area contributed by atoms with Crippen molar-refractivity contribution in [3.63, 3.8) is 0 Å². The Bertz CT molecular complexity index is 876. The van der Waals surface area contributed by atoms with Gasteiger partial charge in [-0.3, -0.25) is 10.1 Å². The van der Waals surface area contributed by atoms with Gasteiger partial charge >= 0.3 is 0 Å². The van der Waals surface area contributed by atoms with Gasteiger partial charge in [-0.25, -0.2) is 4.79 Å². The van der Waals surface area contributed by atoms with E-state index in [9.17, 15) is 20.0 Å². The fourth-order valence-electron chi connectivity index (χ4n) is 4.02. The summed E-state index contributed by atoms with van der Waals surface area (Å²) < 4.78 is 17.5. The topological polar surface area (TPSA) is 120 Å². The number of nitrogens with one attached hydrogen (secondary N) is 1. The number of ether oxygens (including phenoxy) is 3. The maximum Gasteiger partial charge on any atom is 0.270 e. The largest absolute Gasteiger partial charge is 0.494 e. The molecule has 0 aromatic heterocycles. The van der Waals surface area contributed by atoms with Crippen LogP contribution in [0.15, 0.2) is 36.2 Å². The van der Waals surface area contributed by atoms with Gasteiger partial charge in [0.25, 0.3) is 5.69 Å².